The average Bonchev–Trinajstić information content (AvgIpc) is 2.61. The second-order valence-corrected chi connectivity index (χ2v) is 3.80. The molecule has 0 atom stereocenters. The summed E-state index contributed by atoms with van der Waals surface area (Å²) in [6.07, 6.45) is 0.728. The van der Waals surface area contributed by atoms with Crippen LogP contribution in [0.1, 0.15) is 29.2 Å². The fourth-order valence-corrected chi connectivity index (χ4v) is 1.59. The van der Waals surface area contributed by atoms with Crippen LogP contribution in [0.2, 0.25) is 0 Å². The fourth-order valence-electron chi connectivity index (χ4n) is 0.924. The van der Waals surface area contributed by atoms with Crippen LogP contribution in [0, 0.1) is 0 Å². The van der Waals surface area contributed by atoms with Crippen LogP contribution in [0.25, 0.3) is 0 Å². The van der Waals surface area contributed by atoms with Crippen LogP contribution in [0.3, 0.4) is 0 Å². The first-order valence-corrected chi connectivity index (χ1v) is 5.16. The van der Waals surface area contributed by atoms with Crippen molar-refractivity contribution in [2.45, 2.75) is 20.3 Å². The summed E-state index contributed by atoms with van der Waals surface area (Å²) in [6.45, 7) is 8.03. The molecule has 0 bridgehead atoms. The predicted octanol–water partition coefficient (Wildman–Crippen LogP) is 1.41. The van der Waals surface area contributed by atoms with Gasteiger partial charge in [0, 0.05) is 6.54 Å². The molecule has 1 aromatic rings. The largest absolute Gasteiger partial charge is 0.348 e. The van der Waals surface area contributed by atoms with Crippen molar-refractivity contribution in [2.75, 3.05) is 6.54 Å². The van der Waals surface area contributed by atoms with E-state index in [-0.39, 0.29) is 5.91 Å². The minimum atomic E-state index is -0.111. The third-order valence-electron chi connectivity index (χ3n) is 1.65. The van der Waals surface area contributed by atoms with Crippen molar-refractivity contribution in [1.82, 2.24) is 14.9 Å². The number of aryl methyl sites for hydroxylation is 1. The Balaban J connectivity index is 2.64. The van der Waals surface area contributed by atoms with E-state index in [0.29, 0.717) is 11.4 Å². The summed E-state index contributed by atoms with van der Waals surface area (Å²) in [6, 6.07) is 0. The third-order valence-corrected chi connectivity index (χ3v) is 2.41. The number of rotatable bonds is 4. The van der Waals surface area contributed by atoms with Crippen molar-refractivity contribution in [3.8, 4) is 0 Å². The molecule has 0 saturated carbocycles. The van der Waals surface area contributed by atoms with Gasteiger partial charge >= 0.3 is 0 Å². The normalized spacial score (nSPS) is 9.86. The molecule has 0 radical (unpaired) electrons. The van der Waals surface area contributed by atoms with Gasteiger partial charge in [-0.3, -0.25) is 4.79 Å². The van der Waals surface area contributed by atoms with Crippen LogP contribution in [-0.4, -0.2) is 22.0 Å². The Hall–Kier alpha value is -1.23. The van der Waals surface area contributed by atoms with Gasteiger partial charge in [0.2, 0.25) is 0 Å². The molecular weight excluding hydrogens is 198 g/mol. The highest BCUT2D eigenvalue weighted by Crippen LogP contribution is 2.10. The predicted molar refractivity (Wildman–Crippen MR) is 56.4 cm³/mol. The maximum absolute atomic E-state index is 11.6. The van der Waals surface area contributed by atoms with E-state index in [0.717, 1.165) is 29.2 Å². The van der Waals surface area contributed by atoms with Gasteiger partial charge in [-0.1, -0.05) is 23.6 Å². The number of nitrogens with one attached hydrogen (secondary N) is 1. The minimum absolute atomic E-state index is 0.111. The van der Waals surface area contributed by atoms with Gasteiger partial charge in [-0.2, -0.15) is 0 Å². The Morgan fingerprint density at radius 2 is 2.36 bits per heavy atom. The second-order valence-electron chi connectivity index (χ2n) is 3.04. The maximum Gasteiger partial charge on any atom is 0.265 e. The molecule has 1 rings (SSSR count). The summed E-state index contributed by atoms with van der Waals surface area (Å²) in [5, 5.41) is 6.62. The molecule has 0 spiro atoms. The third kappa shape index (κ3) is 2.63. The Bertz CT molecular complexity index is 346. The molecule has 1 N–H and O–H groups in total. The lowest BCUT2D eigenvalue weighted by Crippen LogP contribution is -2.24. The van der Waals surface area contributed by atoms with E-state index < -0.39 is 0 Å². The van der Waals surface area contributed by atoms with Crippen molar-refractivity contribution in [2.24, 2.45) is 0 Å². The number of hydrogen-bond donors (Lipinski definition) is 1. The van der Waals surface area contributed by atoms with Crippen molar-refractivity contribution in [3.63, 3.8) is 0 Å². The number of carbonyl (C=O) groups excluding carboxylic acids is 1. The Kier molecular flexibility index (Phi) is 3.76. The average molecular weight is 211 g/mol. The molecule has 0 aliphatic carbocycles. The van der Waals surface area contributed by atoms with E-state index in [4.69, 9.17) is 0 Å². The van der Waals surface area contributed by atoms with Gasteiger partial charge in [-0.25, -0.2) is 0 Å². The second kappa shape index (κ2) is 4.85. The first-order valence-electron chi connectivity index (χ1n) is 4.39. The van der Waals surface area contributed by atoms with Crippen LogP contribution >= 0.6 is 11.5 Å². The van der Waals surface area contributed by atoms with Crippen LogP contribution in [0.5, 0.6) is 0 Å². The summed E-state index contributed by atoms with van der Waals surface area (Å²) in [4.78, 5) is 12.2. The van der Waals surface area contributed by atoms with Gasteiger partial charge in [0.15, 0.2) is 0 Å². The van der Waals surface area contributed by atoms with Gasteiger partial charge in [-0.05, 0) is 24.9 Å². The molecule has 1 aromatic heterocycles. The van der Waals surface area contributed by atoms with Crippen molar-refractivity contribution >= 4 is 17.4 Å². The molecule has 14 heavy (non-hydrogen) atoms. The Labute approximate surface area is 87.2 Å². The topological polar surface area (TPSA) is 54.9 Å². The molecule has 0 saturated heterocycles. The molecule has 0 unspecified atom stereocenters. The number of aromatic nitrogens is 2. The van der Waals surface area contributed by atoms with Crippen LogP contribution in [0.15, 0.2) is 12.2 Å². The lowest BCUT2D eigenvalue weighted by Gasteiger charge is -2.02. The summed E-state index contributed by atoms with van der Waals surface area (Å²) < 4.78 is 3.75. The van der Waals surface area contributed by atoms with E-state index in [9.17, 15) is 4.79 Å². The summed E-state index contributed by atoms with van der Waals surface area (Å²) in [5.41, 5.74) is 1.68. The zero-order chi connectivity index (χ0) is 10.6. The van der Waals surface area contributed by atoms with Gasteiger partial charge in [0.05, 0.1) is 5.69 Å². The monoisotopic (exact) mass is 211 g/mol. The number of carbonyl (C=O) groups is 1. The van der Waals surface area contributed by atoms with Crippen LogP contribution in [-0.2, 0) is 6.42 Å². The van der Waals surface area contributed by atoms with Gasteiger partial charge in [0.25, 0.3) is 5.91 Å². The lowest BCUT2D eigenvalue weighted by atomic mass is 10.3. The fraction of sp³-hybridized carbons (Fsp3) is 0.444. The Morgan fingerprint density at radius 1 is 1.64 bits per heavy atom. The number of nitrogens with zero attached hydrogens (tertiary/aromatic N) is 2. The molecule has 0 aromatic carbocycles. The molecule has 0 aliphatic rings. The molecule has 0 aliphatic heterocycles. The van der Waals surface area contributed by atoms with Gasteiger partial charge in [-0.15, -0.1) is 5.10 Å². The summed E-state index contributed by atoms with van der Waals surface area (Å²) in [5.74, 6) is -0.111. The zero-order valence-electron chi connectivity index (χ0n) is 8.33. The van der Waals surface area contributed by atoms with Crippen LogP contribution < -0.4 is 5.32 Å². The maximum atomic E-state index is 11.6. The van der Waals surface area contributed by atoms with E-state index in [1.54, 1.807) is 0 Å². The minimum Gasteiger partial charge on any atom is -0.348 e. The molecule has 76 valence electrons. The smallest absolute Gasteiger partial charge is 0.265 e. The van der Waals surface area contributed by atoms with Crippen molar-refractivity contribution < 1.29 is 4.79 Å². The highest BCUT2D eigenvalue weighted by molar-refractivity contribution is 7.08. The van der Waals surface area contributed by atoms with Crippen molar-refractivity contribution in [1.29, 1.82) is 0 Å². The quantitative estimate of drug-likeness (QED) is 0.766. The SMILES string of the molecule is C=C(C)CNC(=O)c1snnc1CC. The first kappa shape index (κ1) is 10.8. The highest BCUT2D eigenvalue weighted by atomic mass is 32.1. The Morgan fingerprint density at radius 3 is 2.93 bits per heavy atom. The highest BCUT2D eigenvalue weighted by Gasteiger charge is 2.13. The van der Waals surface area contributed by atoms with Gasteiger partial charge in [0.1, 0.15) is 4.88 Å². The van der Waals surface area contributed by atoms with E-state index in [1.807, 2.05) is 13.8 Å². The summed E-state index contributed by atoms with van der Waals surface area (Å²) in [7, 11) is 0. The van der Waals surface area contributed by atoms with Gasteiger partial charge < -0.3 is 5.32 Å². The molecular formula is C9H13N3OS. The molecule has 0 fully saturated rings. The lowest BCUT2D eigenvalue weighted by molar-refractivity contribution is 0.0960. The van der Waals surface area contributed by atoms with Crippen molar-refractivity contribution in [3.05, 3.63) is 22.7 Å². The van der Waals surface area contributed by atoms with E-state index in [2.05, 4.69) is 21.5 Å². The molecule has 5 heteroatoms. The summed E-state index contributed by atoms with van der Waals surface area (Å²) >= 11 is 1.13. The number of hydrogen-bond acceptors (Lipinski definition) is 4. The molecule has 1 amide bonds. The van der Waals surface area contributed by atoms with E-state index in [1.165, 1.54) is 0 Å². The standard InChI is InChI=1S/C9H13N3OS/c1-4-7-8(14-12-11-7)9(13)10-5-6(2)3/h2,4-5H2,1,3H3,(H,10,13). The van der Waals surface area contributed by atoms with E-state index >= 15 is 0 Å². The molecule has 1 heterocycles. The first-order chi connectivity index (χ1) is 6.65. The van der Waals surface area contributed by atoms with Crippen LogP contribution in [0.4, 0.5) is 0 Å². The molecule has 4 nitrogen and oxygen atoms in total. The number of amides is 1. The zero-order valence-corrected chi connectivity index (χ0v) is 9.15.